The van der Waals surface area contributed by atoms with E-state index >= 15 is 0 Å². The van der Waals surface area contributed by atoms with Crippen LogP contribution in [0.2, 0.25) is 0 Å². The van der Waals surface area contributed by atoms with Crippen molar-refractivity contribution in [2.45, 2.75) is 38.6 Å². The molecule has 0 aromatic heterocycles. The summed E-state index contributed by atoms with van der Waals surface area (Å²) >= 11 is 15.7. The molecule has 0 radical (unpaired) electrons. The fourth-order valence-corrected chi connectivity index (χ4v) is 9.26. The molecule has 15 heavy (non-hydrogen) atoms. The third kappa shape index (κ3) is 0.889. The summed E-state index contributed by atoms with van der Waals surface area (Å²) in [5, 5.41) is 0. The maximum atomic E-state index is 3.98. The lowest BCUT2D eigenvalue weighted by Gasteiger charge is -2.21. The predicted octanol–water partition coefficient (Wildman–Crippen LogP) is 5.17. The van der Waals surface area contributed by atoms with Crippen LogP contribution in [0.5, 0.6) is 0 Å². The highest BCUT2D eigenvalue weighted by Crippen LogP contribution is 2.95. The Morgan fingerprint density at radius 1 is 0.800 bits per heavy atom. The highest BCUT2D eigenvalue weighted by atomic mass is 79.9. The molecule has 0 amide bonds. The minimum absolute atomic E-state index is 0.280. The van der Waals surface area contributed by atoms with Gasteiger partial charge in [0.1, 0.15) is 0 Å². The summed E-state index contributed by atoms with van der Waals surface area (Å²) in [6, 6.07) is 0. The van der Waals surface area contributed by atoms with Gasteiger partial charge in [-0.25, -0.2) is 0 Å². The molecule has 0 saturated heterocycles. The zero-order valence-electron chi connectivity index (χ0n) is 8.20. The van der Waals surface area contributed by atoms with E-state index in [0.29, 0.717) is 14.1 Å². The van der Waals surface area contributed by atoms with E-state index in [-0.39, 0.29) is 3.23 Å². The van der Waals surface area contributed by atoms with Crippen molar-refractivity contribution < 1.29 is 0 Å². The summed E-state index contributed by atoms with van der Waals surface area (Å²) in [4.78, 5) is 0. The first-order valence-corrected chi connectivity index (χ1v) is 8.82. The summed E-state index contributed by atoms with van der Waals surface area (Å²) < 4.78 is 0.572. The zero-order chi connectivity index (χ0) is 10.7. The van der Waals surface area contributed by atoms with Gasteiger partial charge in [-0.3, -0.25) is 0 Å². The number of rotatable bonds is 0. The molecule has 2 unspecified atom stereocenters. The van der Waals surface area contributed by atoms with Crippen LogP contribution in [0.1, 0.15) is 32.1 Å². The average molecular weight is 464 g/mol. The van der Waals surface area contributed by atoms with Gasteiger partial charge in [0.15, 0.2) is 0 Å². The Morgan fingerprint density at radius 2 is 1.27 bits per heavy atom. The summed E-state index contributed by atoms with van der Waals surface area (Å²) in [5.41, 5.74) is 1.15. The van der Waals surface area contributed by atoms with Crippen molar-refractivity contribution in [3.8, 4) is 0 Å². The van der Waals surface area contributed by atoms with Crippen molar-refractivity contribution >= 4 is 63.7 Å². The Morgan fingerprint density at radius 3 is 1.73 bits per heavy atom. The Labute approximate surface area is 124 Å². The molecule has 4 rings (SSSR count). The van der Waals surface area contributed by atoms with Gasteiger partial charge in [0.25, 0.3) is 0 Å². The SMILES string of the molecule is BrC1(Br)[C@@H]2CC34CCCC3(C[C@@H]21)C4(Br)Br. The lowest BCUT2D eigenvalue weighted by Crippen LogP contribution is -2.14. The molecule has 0 aliphatic heterocycles. The Hall–Kier alpha value is 1.92. The van der Waals surface area contributed by atoms with Crippen LogP contribution in [-0.4, -0.2) is 6.47 Å². The fourth-order valence-electron chi connectivity index (χ4n) is 4.85. The zero-order valence-corrected chi connectivity index (χ0v) is 14.5. The van der Waals surface area contributed by atoms with Gasteiger partial charge in [-0.15, -0.1) is 0 Å². The molecular weight excluding hydrogens is 452 g/mol. The van der Waals surface area contributed by atoms with Crippen molar-refractivity contribution in [2.24, 2.45) is 22.7 Å². The second kappa shape index (κ2) is 2.60. The second-order valence-electron chi connectivity index (χ2n) is 5.89. The van der Waals surface area contributed by atoms with E-state index in [1.807, 2.05) is 0 Å². The second-order valence-corrected chi connectivity index (χ2v) is 13.0. The lowest BCUT2D eigenvalue weighted by molar-refractivity contribution is 0.265. The third-order valence-electron chi connectivity index (χ3n) is 5.76. The Bertz CT molecular complexity index is 334. The molecule has 0 aromatic rings. The molecule has 4 aliphatic carbocycles. The minimum Gasteiger partial charge on any atom is -0.0721 e. The molecule has 84 valence electrons. The first-order chi connectivity index (χ1) is 6.89. The van der Waals surface area contributed by atoms with Crippen LogP contribution in [0.4, 0.5) is 0 Å². The van der Waals surface area contributed by atoms with Crippen molar-refractivity contribution in [1.82, 2.24) is 0 Å². The number of hydrogen-bond acceptors (Lipinski definition) is 0. The number of hydrogen-bond donors (Lipinski definition) is 0. The smallest absolute Gasteiger partial charge is 0.0721 e. The molecule has 0 N–H and O–H groups in total. The van der Waals surface area contributed by atoms with E-state index in [1.54, 1.807) is 0 Å². The van der Waals surface area contributed by atoms with Crippen molar-refractivity contribution in [2.75, 3.05) is 0 Å². The fraction of sp³-hybridized carbons (Fsp3) is 1.00. The molecule has 0 bridgehead atoms. The van der Waals surface area contributed by atoms with Crippen LogP contribution >= 0.6 is 63.7 Å². The van der Waals surface area contributed by atoms with Crippen LogP contribution in [0, 0.1) is 22.7 Å². The van der Waals surface area contributed by atoms with E-state index in [0.717, 1.165) is 11.8 Å². The van der Waals surface area contributed by atoms with Gasteiger partial charge >= 0.3 is 0 Å². The minimum atomic E-state index is 0.280. The number of fused-ring (bicyclic) bond motifs is 1. The van der Waals surface area contributed by atoms with Crippen molar-refractivity contribution in [1.29, 1.82) is 0 Å². The van der Waals surface area contributed by atoms with E-state index in [4.69, 9.17) is 0 Å². The number of alkyl halides is 4. The molecule has 4 heteroatoms. The third-order valence-corrected chi connectivity index (χ3v) is 11.2. The molecule has 4 aliphatic rings. The highest BCUT2D eigenvalue weighted by molar-refractivity contribution is 9.26. The van der Waals surface area contributed by atoms with Crippen LogP contribution in [-0.2, 0) is 0 Å². The van der Waals surface area contributed by atoms with Gasteiger partial charge in [0, 0.05) is 10.8 Å². The first kappa shape index (κ1) is 10.8. The Balaban J connectivity index is 1.77. The molecule has 0 aromatic carbocycles. The highest BCUT2D eigenvalue weighted by Gasteiger charge is 2.91. The summed E-state index contributed by atoms with van der Waals surface area (Å²) in [7, 11) is 0. The normalized spacial score (nSPS) is 61.6. The van der Waals surface area contributed by atoms with Gasteiger partial charge in [-0.2, -0.15) is 0 Å². The molecule has 0 heterocycles. The van der Waals surface area contributed by atoms with Crippen LogP contribution < -0.4 is 0 Å². The Kier molecular flexibility index (Phi) is 1.87. The number of halogens is 4. The molecule has 0 nitrogen and oxygen atoms in total. The van der Waals surface area contributed by atoms with Crippen LogP contribution in [0.15, 0.2) is 0 Å². The van der Waals surface area contributed by atoms with E-state index in [1.165, 1.54) is 32.1 Å². The lowest BCUT2D eigenvalue weighted by atomic mass is 9.82. The van der Waals surface area contributed by atoms with Gasteiger partial charge in [0.2, 0.25) is 0 Å². The van der Waals surface area contributed by atoms with Crippen molar-refractivity contribution in [3.63, 3.8) is 0 Å². The maximum absolute atomic E-state index is 3.98. The average Bonchev–Trinajstić information content (AvgIpc) is 2.72. The monoisotopic (exact) mass is 460 g/mol. The van der Waals surface area contributed by atoms with E-state index in [9.17, 15) is 0 Å². The first-order valence-electron chi connectivity index (χ1n) is 5.65. The molecule has 4 saturated carbocycles. The van der Waals surface area contributed by atoms with E-state index in [2.05, 4.69) is 63.7 Å². The standard InChI is InChI=1S/C11H12Br4/c12-10(13)6-4-8-2-1-3-9(8,5-7(6)10)11(8,14)15/h6-7H,1-5H2/t6-,7+,8?,9?. The topological polar surface area (TPSA) is 0 Å². The summed E-state index contributed by atoms with van der Waals surface area (Å²) in [6.45, 7) is 0. The molecule has 0 spiro atoms. The molecule has 4 fully saturated rings. The molecular formula is C11H12Br4. The van der Waals surface area contributed by atoms with Gasteiger partial charge in [0.05, 0.1) is 6.47 Å². The van der Waals surface area contributed by atoms with Gasteiger partial charge < -0.3 is 0 Å². The maximum Gasteiger partial charge on any atom is 0.0929 e. The van der Waals surface area contributed by atoms with Gasteiger partial charge in [-0.1, -0.05) is 70.1 Å². The largest absolute Gasteiger partial charge is 0.0929 e. The summed E-state index contributed by atoms with van der Waals surface area (Å²) in [6.07, 6.45) is 7.07. The van der Waals surface area contributed by atoms with Gasteiger partial charge in [-0.05, 0) is 37.5 Å². The van der Waals surface area contributed by atoms with E-state index < -0.39 is 0 Å². The van der Waals surface area contributed by atoms with Crippen molar-refractivity contribution in [3.05, 3.63) is 0 Å². The van der Waals surface area contributed by atoms with Crippen LogP contribution in [0.3, 0.4) is 0 Å². The summed E-state index contributed by atoms with van der Waals surface area (Å²) in [5.74, 6) is 1.72. The predicted molar refractivity (Wildman–Crippen MR) is 76.1 cm³/mol. The molecule has 4 atom stereocenters. The van der Waals surface area contributed by atoms with Crippen LogP contribution in [0.25, 0.3) is 0 Å². The quantitative estimate of drug-likeness (QED) is 0.435.